The van der Waals surface area contributed by atoms with Gasteiger partial charge in [0.25, 0.3) is 6.43 Å². The number of carbonyl (C=O) groups excluding carboxylic acids is 2. The van der Waals surface area contributed by atoms with Crippen molar-refractivity contribution in [2.75, 3.05) is 32.5 Å². The van der Waals surface area contributed by atoms with Crippen molar-refractivity contribution >= 4 is 23.3 Å². The topological polar surface area (TPSA) is 82.5 Å². The quantitative estimate of drug-likeness (QED) is 0.480. The van der Waals surface area contributed by atoms with Crippen LogP contribution in [-0.2, 0) is 24.8 Å². The van der Waals surface area contributed by atoms with Crippen molar-refractivity contribution in [2.45, 2.75) is 38.2 Å². The second kappa shape index (κ2) is 10.6. The molecule has 1 unspecified atom stereocenters. The molecule has 0 bridgehead atoms. The monoisotopic (exact) mass is 540 g/mol. The van der Waals surface area contributed by atoms with Crippen LogP contribution < -0.4 is 10.6 Å². The Morgan fingerprint density at radius 2 is 1.92 bits per heavy atom. The first-order chi connectivity index (χ1) is 18.6. The molecule has 0 spiro atoms. The standard InChI is InChI=1S/C28H31F3N6O2/c1-32-28(39)37-7-6-16-8-18(17-4-5-26(38)35(2)13-17)9-24(22(16)15-37)34-25-11-21(27(30)31)20(10-23(25)29)19-12-33-36(3)14-19/h8-12,14,17,27,34H,4-7,13,15H2,1-3H3,(H,32,39). The van der Waals surface area contributed by atoms with Gasteiger partial charge < -0.3 is 20.4 Å². The lowest BCUT2D eigenvalue weighted by Crippen LogP contribution is -2.41. The molecule has 206 valence electrons. The molecule has 1 fully saturated rings. The van der Waals surface area contributed by atoms with Crippen LogP contribution in [0.5, 0.6) is 0 Å². The third kappa shape index (κ3) is 5.30. The summed E-state index contributed by atoms with van der Waals surface area (Å²) in [4.78, 5) is 27.8. The zero-order chi connectivity index (χ0) is 27.8. The summed E-state index contributed by atoms with van der Waals surface area (Å²) in [5.41, 5.74) is 3.46. The number of fused-ring (bicyclic) bond motifs is 1. The summed E-state index contributed by atoms with van der Waals surface area (Å²) >= 11 is 0. The fraction of sp³-hybridized carbons (Fsp3) is 0.393. The van der Waals surface area contributed by atoms with Crippen LogP contribution in [0.25, 0.3) is 11.1 Å². The van der Waals surface area contributed by atoms with Gasteiger partial charge in [0.05, 0.1) is 11.9 Å². The second-order valence-corrected chi connectivity index (χ2v) is 10.2. The summed E-state index contributed by atoms with van der Waals surface area (Å²) in [6, 6.07) is 6.03. The number of anilines is 2. The van der Waals surface area contributed by atoms with Crippen molar-refractivity contribution in [1.29, 1.82) is 0 Å². The van der Waals surface area contributed by atoms with Gasteiger partial charge in [-0.2, -0.15) is 5.10 Å². The van der Waals surface area contributed by atoms with Crippen molar-refractivity contribution < 1.29 is 22.8 Å². The molecule has 2 aromatic carbocycles. The van der Waals surface area contributed by atoms with Crippen LogP contribution >= 0.6 is 0 Å². The summed E-state index contributed by atoms with van der Waals surface area (Å²) in [6.07, 6.45) is 1.88. The number of likely N-dealkylation sites (N-methyl/N-ethyl adjacent to an activating group) is 1. The van der Waals surface area contributed by atoms with E-state index in [9.17, 15) is 18.4 Å². The number of piperidine rings is 1. The number of alkyl halides is 2. The first-order valence-corrected chi connectivity index (χ1v) is 12.9. The van der Waals surface area contributed by atoms with Crippen LogP contribution in [-0.4, -0.2) is 58.7 Å². The summed E-state index contributed by atoms with van der Waals surface area (Å²) in [5.74, 6) is -0.497. The number of aryl methyl sites for hydroxylation is 1. The predicted octanol–water partition coefficient (Wildman–Crippen LogP) is 4.94. The van der Waals surface area contributed by atoms with E-state index in [0.29, 0.717) is 43.6 Å². The average Bonchev–Trinajstić information content (AvgIpc) is 3.36. The van der Waals surface area contributed by atoms with Crippen LogP contribution in [0.3, 0.4) is 0 Å². The summed E-state index contributed by atoms with van der Waals surface area (Å²) < 4.78 is 45.2. The molecule has 3 aromatic rings. The van der Waals surface area contributed by atoms with Gasteiger partial charge in [0, 0.05) is 76.1 Å². The molecule has 3 heterocycles. The lowest BCUT2D eigenvalue weighted by atomic mass is 9.86. The Hall–Kier alpha value is -4.02. The van der Waals surface area contributed by atoms with Crippen molar-refractivity contribution in [2.24, 2.45) is 7.05 Å². The molecular formula is C28H31F3N6O2. The summed E-state index contributed by atoms with van der Waals surface area (Å²) in [6.45, 7) is 1.37. The third-order valence-electron chi connectivity index (χ3n) is 7.62. The van der Waals surface area contributed by atoms with Crippen molar-refractivity contribution in [3.8, 4) is 11.1 Å². The number of carbonyl (C=O) groups is 2. The van der Waals surface area contributed by atoms with E-state index in [0.717, 1.165) is 28.8 Å². The number of amides is 3. The number of aromatic nitrogens is 2. The molecule has 39 heavy (non-hydrogen) atoms. The minimum absolute atomic E-state index is 0.0784. The van der Waals surface area contributed by atoms with Crippen LogP contribution in [0.4, 0.5) is 29.3 Å². The molecule has 8 nitrogen and oxygen atoms in total. The van der Waals surface area contributed by atoms with E-state index in [-0.39, 0.29) is 41.2 Å². The van der Waals surface area contributed by atoms with E-state index >= 15 is 4.39 Å². The molecule has 0 aliphatic carbocycles. The van der Waals surface area contributed by atoms with Gasteiger partial charge >= 0.3 is 6.03 Å². The Morgan fingerprint density at radius 1 is 1.13 bits per heavy atom. The van der Waals surface area contributed by atoms with E-state index in [2.05, 4.69) is 21.8 Å². The van der Waals surface area contributed by atoms with E-state index in [1.165, 1.54) is 10.9 Å². The molecule has 11 heteroatoms. The van der Waals surface area contributed by atoms with Crippen molar-refractivity contribution in [1.82, 2.24) is 24.9 Å². The molecule has 2 aliphatic heterocycles. The highest BCUT2D eigenvalue weighted by atomic mass is 19.3. The first kappa shape index (κ1) is 26.6. The van der Waals surface area contributed by atoms with Crippen molar-refractivity contribution in [3.63, 3.8) is 0 Å². The molecule has 1 aromatic heterocycles. The average molecular weight is 541 g/mol. The molecule has 5 rings (SSSR count). The third-order valence-corrected chi connectivity index (χ3v) is 7.62. The molecule has 0 saturated carbocycles. The highest BCUT2D eigenvalue weighted by Crippen LogP contribution is 2.39. The number of nitrogens with zero attached hydrogens (tertiary/aromatic N) is 4. The van der Waals surface area contributed by atoms with E-state index < -0.39 is 12.2 Å². The largest absolute Gasteiger partial charge is 0.353 e. The Kier molecular flexibility index (Phi) is 7.24. The van der Waals surface area contributed by atoms with Gasteiger partial charge in [0.1, 0.15) is 5.82 Å². The highest BCUT2D eigenvalue weighted by molar-refractivity contribution is 5.78. The Morgan fingerprint density at radius 3 is 2.59 bits per heavy atom. The molecule has 1 saturated heterocycles. The van der Waals surface area contributed by atoms with Gasteiger partial charge in [0.2, 0.25) is 5.91 Å². The summed E-state index contributed by atoms with van der Waals surface area (Å²) in [5, 5.41) is 9.75. The molecule has 3 amide bonds. The number of benzene rings is 2. The van der Waals surface area contributed by atoms with Crippen molar-refractivity contribution in [3.05, 3.63) is 64.7 Å². The second-order valence-electron chi connectivity index (χ2n) is 10.2. The zero-order valence-corrected chi connectivity index (χ0v) is 22.1. The van der Waals surface area contributed by atoms with E-state index in [1.54, 1.807) is 37.1 Å². The first-order valence-electron chi connectivity index (χ1n) is 12.9. The normalized spacial score (nSPS) is 17.4. The lowest BCUT2D eigenvalue weighted by molar-refractivity contribution is -0.132. The Bertz CT molecular complexity index is 1420. The fourth-order valence-electron chi connectivity index (χ4n) is 5.48. The van der Waals surface area contributed by atoms with Gasteiger partial charge in [-0.25, -0.2) is 18.0 Å². The fourth-order valence-corrected chi connectivity index (χ4v) is 5.48. The molecule has 2 aliphatic rings. The van der Waals surface area contributed by atoms with Crippen LogP contribution in [0.1, 0.15) is 47.4 Å². The number of urea groups is 1. The summed E-state index contributed by atoms with van der Waals surface area (Å²) in [7, 11) is 5.00. The lowest BCUT2D eigenvalue weighted by Gasteiger charge is -2.34. The molecule has 1 atom stereocenters. The number of halogens is 3. The number of hydrogen-bond donors (Lipinski definition) is 2. The Labute approximate surface area is 224 Å². The maximum absolute atomic E-state index is 15.5. The molecular weight excluding hydrogens is 509 g/mol. The van der Waals surface area contributed by atoms with Gasteiger partial charge in [0.15, 0.2) is 0 Å². The molecule has 0 radical (unpaired) electrons. The minimum atomic E-state index is -2.83. The van der Waals surface area contributed by atoms with Gasteiger partial charge in [-0.1, -0.05) is 6.07 Å². The zero-order valence-electron chi connectivity index (χ0n) is 22.1. The number of nitrogens with one attached hydrogen (secondary N) is 2. The molecule has 2 N–H and O–H groups in total. The maximum Gasteiger partial charge on any atom is 0.317 e. The SMILES string of the molecule is CNC(=O)N1CCc2cc(C3CCC(=O)N(C)C3)cc(Nc3cc(C(F)F)c(-c4cnn(C)c4)cc3F)c2C1. The van der Waals surface area contributed by atoms with Gasteiger partial charge in [-0.15, -0.1) is 0 Å². The van der Waals surface area contributed by atoms with Crippen LogP contribution in [0, 0.1) is 5.82 Å². The number of likely N-dealkylation sites (tertiary alicyclic amines) is 1. The number of hydrogen-bond acceptors (Lipinski definition) is 4. The van der Waals surface area contributed by atoms with E-state index in [1.807, 2.05) is 6.07 Å². The number of rotatable bonds is 5. The maximum atomic E-state index is 15.5. The Balaban J connectivity index is 1.57. The van der Waals surface area contributed by atoms with Gasteiger partial charge in [-0.3, -0.25) is 9.48 Å². The van der Waals surface area contributed by atoms with E-state index in [4.69, 9.17) is 0 Å². The predicted molar refractivity (Wildman–Crippen MR) is 141 cm³/mol. The van der Waals surface area contributed by atoms with Crippen LogP contribution in [0.15, 0.2) is 36.7 Å². The van der Waals surface area contributed by atoms with Crippen LogP contribution in [0.2, 0.25) is 0 Å². The smallest absolute Gasteiger partial charge is 0.317 e. The highest BCUT2D eigenvalue weighted by Gasteiger charge is 2.29. The van der Waals surface area contributed by atoms with Gasteiger partial charge in [-0.05, 0) is 53.3 Å². The minimum Gasteiger partial charge on any atom is -0.353 e.